The maximum Gasteiger partial charge on any atom is 0.416 e. The Morgan fingerprint density at radius 1 is 1.33 bits per heavy atom. The van der Waals surface area contributed by atoms with Gasteiger partial charge in [0, 0.05) is 13.0 Å². The molecule has 9 heteroatoms. The smallest absolute Gasteiger partial charge is 0.350 e. The van der Waals surface area contributed by atoms with Crippen molar-refractivity contribution in [3.8, 4) is 0 Å². The number of alkyl halides is 3. The van der Waals surface area contributed by atoms with Gasteiger partial charge in [0.15, 0.2) is 0 Å². The molecule has 1 aliphatic rings. The highest BCUT2D eigenvalue weighted by Crippen LogP contribution is 2.44. The molecule has 1 aromatic rings. The van der Waals surface area contributed by atoms with Crippen molar-refractivity contribution < 1.29 is 27.7 Å². The Hall–Kier alpha value is -1.74. The van der Waals surface area contributed by atoms with E-state index in [-0.39, 0.29) is 30.0 Å². The molecule has 2 N–H and O–H groups in total. The van der Waals surface area contributed by atoms with E-state index < -0.39 is 17.1 Å². The third-order valence-electron chi connectivity index (χ3n) is 4.27. The number of nitrogens with one attached hydrogen (secondary N) is 2. The van der Waals surface area contributed by atoms with E-state index in [9.17, 15) is 22.8 Å². The summed E-state index contributed by atoms with van der Waals surface area (Å²) in [6.45, 7) is 3.23. The van der Waals surface area contributed by atoms with E-state index in [1.54, 1.807) is 13.0 Å². The molecule has 1 aromatic carbocycles. The molecule has 2 rings (SSSR count). The molecule has 0 spiro atoms. The topological polar surface area (TPSA) is 53.9 Å². The molecule has 27 heavy (non-hydrogen) atoms. The summed E-state index contributed by atoms with van der Waals surface area (Å²) in [4.78, 5) is 27.1. The molecule has 2 atom stereocenters. The van der Waals surface area contributed by atoms with Crippen LogP contribution in [0.15, 0.2) is 24.3 Å². The van der Waals surface area contributed by atoms with Gasteiger partial charge in [0.05, 0.1) is 38.0 Å². The fourth-order valence-electron chi connectivity index (χ4n) is 2.79. The molecule has 1 fully saturated rings. The minimum absolute atomic E-state index is 0.122. The number of amides is 2. The lowest BCUT2D eigenvalue weighted by Crippen LogP contribution is -3.06. The summed E-state index contributed by atoms with van der Waals surface area (Å²) in [7, 11) is 3.96. The van der Waals surface area contributed by atoms with Gasteiger partial charge in [0.1, 0.15) is 5.37 Å². The molecule has 0 radical (unpaired) electrons. The highest BCUT2D eigenvalue weighted by molar-refractivity contribution is 8.01. The number of hydrogen-bond acceptors (Lipinski definition) is 3. The molecule has 1 aliphatic heterocycles. The number of halogens is 3. The Labute approximate surface area is 161 Å². The van der Waals surface area contributed by atoms with Crippen molar-refractivity contribution >= 4 is 23.6 Å². The van der Waals surface area contributed by atoms with Gasteiger partial charge >= 0.3 is 6.18 Å². The third kappa shape index (κ3) is 5.87. The predicted molar refractivity (Wildman–Crippen MR) is 98.3 cm³/mol. The summed E-state index contributed by atoms with van der Waals surface area (Å²) in [5.41, 5.74) is -0.319. The summed E-state index contributed by atoms with van der Waals surface area (Å²) in [5, 5.41) is 1.92. The van der Waals surface area contributed by atoms with Gasteiger partial charge in [-0.3, -0.25) is 9.59 Å². The second kappa shape index (κ2) is 8.97. The van der Waals surface area contributed by atoms with Gasteiger partial charge in [-0.15, -0.1) is 11.8 Å². The molecular weight excluding hydrogens is 379 g/mol. The van der Waals surface area contributed by atoms with Crippen molar-refractivity contribution in [1.82, 2.24) is 10.2 Å². The van der Waals surface area contributed by atoms with E-state index in [0.29, 0.717) is 12.1 Å². The van der Waals surface area contributed by atoms with Gasteiger partial charge in [-0.2, -0.15) is 13.2 Å². The molecule has 5 nitrogen and oxygen atoms in total. The van der Waals surface area contributed by atoms with Crippen LogP contribution in [0, 0.1) is 0 Å². The molecule has 0 aromatic heterocycles. The first-order valence-corrected chi connectivity index (χ1v) is 9.72. The molecule has 1 heterocycles. The predicted octanol–water partition coefficient (Wildman–Crippen LogP) is 1.32. The van der Waals surface area contributed by atoms with Gasteiger partial charge in [0.25, 0.3) is 0 Å². The number of hydrogen-bond donors (Lipinski definition) is 2. The Balaban J connectivity index is 2.06. The largest absolute Gasteiger partial charge is 0.416 e. The monoisotopic (exact) mass is 404 g/mol. The van der Waals surface area contributed by atoms with E-state index in [0.717, 1.165) is 18.7 Å². The van der Waals surface area contributed by atoms with Crippen LogP contribution in [0.4, 0.5) is 13.2 Å². The van der Waals surface area contributed by atoms with E-state index in [1.807, 2.05) is 14.1 Å². The molecule has 1 saturated heterocycles. The first-order valence-electron chi connectivity index (χ1n) is 8.78. The van der Waals surface area contributed by atoms with E-state index in [2.05, 4.69) is 5.32 Å². The lowest BCUT2D eigenvalue weighted by molar-refractivity contribution is -0.856. The van der Waals surface area contributed by atoms with Crippen molar-refractivity contribution in [3.05, 3.63) is 35.4 Å². The van der Waals surface area contributed by atoms with Crippen LogP contribution in [-0.4, -0.2) is 55.7 Å². The van der Waals surface area contributed by atoms with Crippen molar-refractivity contribution in [3.63, 3.8) is 0 Å². The van der Waals surface area contributed by atoms with Gasteiger partial charge in [0.2, 0.25) is 11.8 Å². The Bertz CT molecular complexity index is 682. The normalized spacial score (nSPS) is 20.4. The lowest BCUT2D eigenvalue weighted by atomic mass is 10.1. The average Bonchev–Trinajstić information content (AvgIpc) is 2.87. The molecule has 2 amide bonds. The van der Waals surface area contributed by atoms with Gasteiger partial charge in [-0.25, -0.2) is 0 Å². The summed E-state index contributed by atoms with van der Waals surface area (Å²) in [6, 6.07) is 5.03. The molecule has 150 valence electrons. The van der Waals surface area contributed by atoms with Crippen molar-refractivity contribution in [2.45, 2.75) is 30.1 Å². The fourth-order valence-corrected chi connectivity index (χ4v) is 4.09. The summed E-state index contributed by atoms with van der Waals surface area (Å²) in [6.07, 6.45) is -4.31. The number of likely N-dealkylation sites (N-methyl/N-ethyl adjacent to an activating group) is 1. The Morgan fingerprint density at radius 2 is 2.04 bits per heavy atom. The molecule has 0 saturated carbocycles. The van der Waals surface area contributed by atoms with Crippen LogP contribution in [0.5, 0.6) is 0 Å². The molecule has 0 bridgehead atoms. The molecule has 0 aliphatic carbocycles. The summed E-state index contributed by atoms with van der Waals surface area (Å²) < 4.78 is 39.0. The maximum atomic E-state index is 13.0. The lowest BCUT2D eigenvalue weighted by Gasteiger charge is -2.24. The standard InChI is InChI=1S/C18H24F3N3O2S/c1-12-16(26)24(9-7-15(25)22-8-10-23(2)3)17(27-12)13-5-4-6-14(11-13)18(19,20)21/h4-6,11-12,17H,7-10H2,1-3H3,(H,22,25)/p+1/t12-,17-/m0/s1. The maximum absolute atomic E-state index is 13.0. The van der Waals surface area contributed by atoms with E-state index in [4.69, 9.17) is 0 Å². The third-order valence-corrected chi connectivity index (χ3v) is 5.67. The quantitative estimate of drug-likeness (QED) is 0.721. The number of benzene rings is 1. The van der Waals surface area contributed by atoms with Crippen LogP contribution < -0.4 is 10.2 Å². The van der Waals surface area contributed by atoms with E-state index in [1.165, 1.54) is 27.6 Å². The van der Waals surface area contributed by atoms with Crippen LogP contribution in [-0.2, 0) is 15.8 Å². The van der Waals surface area contributed by atoms with Gasteiger partial charge in [-0.05, 0) is 24.6 Å². The summed E-state index contributed by atoms with van der Waals surface area (Å²) in [5.74, 6) is -0.329. The van der Waals surface area contributed by atoms with E-state index >= 15 is 0 Å². The number of carbonyl (C=O) groups is 2. The zero-order valence-corrected chi connectivity index (χ0v) is 16.4. The van der Waals surface area contributed by atoms with Crippen molar-refractivity contribution in [2.24, 2.45) is 0 Å². The first-order chi connectivity index (χ1) is 12.6. The number of carbonyl (C=O) groups excluding carboxylic acids is 2. The molecule has 0 unspecified atom stereocenters. The van der Waals surface area contributed by atoms with Crippen LogP contribution in [0.3, 0.4) is 0 Å². The van der Waals surface area contributed by atoms with Crippen molar-refractivity contribution in [2.75, 3.05) is 33.7 Å². The van der Waals surface area contributed by atoms with Gasteiger partial charge < -0.3 is 15.1 Å². The highest BCUT2D eigenvalue weighted by atomic mass is 32.2. The van der Waals surface area contributed by atoms with Crippen molar-refractivity contribution in [1.29, 1.82) is 0 Å². The summed E-state index contributed by atoms with van der Waals surface area (Å²) >= 11 is 1.30. The highest BCUT2D eigenvalue weighted by Gasteiger charge is 2.39. The zero-order chi connectivity index (χ0) is 20.2. The number of thioether (sulfide) groups is 1. The first kappa shape index (κ1) is 21.6. The molecular formula is C18H25F3N3O2S+. The van der Waals surface area contributed by atoms with Crippen LogP contribution in [0.25, 0.3) is 0 Å². The average molecular weight is 404 g/mol. The number of quaternary nitrogens is 1. The second-order valence-electron chi connectivity index (χ2n) is 6.84. The number of rotatable bonds is 7. The SMILES string of the molecule is C[C@@H]1S[C@@H](c2cccc(C(F)(F)F)c2)N(CCC(=O)NCC[NH+](C)C)C1=O. The minimum atomic E-state index is -4.44. The second-order valence-corrected chi connectivity index (χ2v) is 8.27. The van der Waals surface area contributed by atoms with Crippen LogP contribution >= 0.6 is 11.8 Å². The fraction of sp³-hybridized carbons (Fsp3) is 0.556. The Kier molecular flexibility index (Phi) is 7.16. The Morgan fingerprint density at radius 3 is 2.67 bits per heavy atom. The minimum Gasteiger partial charge on any atom is -0.350 e. The van der Waals surface area contributed by atoms with Crippen LogP contribution in [0.1, 0.15) is 29.8 Å². The zero-order valence-electron chi connectivity index (χ0n) is 15.6. The van der Waals surface area contributed by atoms with Crippen LogP contribution in [0.2, 0.25) is 0 Å². The number of nitrogens with zero attached hydrogens (tertiary/aromatic N) is 1. The van der Waals surface area contributed by atoms with Gasteiger partial charge in [-0.1, -0.05) is 12.1 Å².